The highest BCUT2D eigenvalue weighted by Gasteiger charge is 1.94. The van der Waals surface area contributed by atoms with Crippen LogP contribution in [0, 0.1) is 0 Å². The zero-order valence-electron chi connectivity index (χ0n) is 7.53. The first-order chi connectivity index (χ1) is 6.34. The van der Waals surface area contributed by atoms with Crippen LogP contribution < -0.4 is 5.32 Å². The molecule has 3 heteroatoms. The Morgan fingerprint density at radius 1 is 1.46 bits per heavy atom. The highest BCUT2D eigenvalue weighted by Crippen LogP contribution is 2.13. The van der Waals surface area contributed by atoms with Gasteiger partial charge in [0.25, 0.3) is 0 Å². The third-order valence-corrected chi connectivity index (χ3v) is 2.59. The highest BCUT2D eigenvalue weighted by molar-refractivity contribution is 7.08. The minimum atomic E-state index is 0.900. The third kappa shape index (κ3) is 2.12. The maximum Gasteiger partial charge on any atom is 0.0451 e. The molecule has 0 amide bonds. The molecule has 0 atom stereocenters. The fraction of sp³-hybridized carbons (Fsp3) is 0.200. The molecule has 0 radical (unpaired) electrons. The minimum absolute atomic E-state index is 0.900. The van der Waals surface area contributed by atoms with Crippen molar-refractivity contribution in [1.82, 2.24) is 4.57 Å². The molecule has 2 aromatic heterocycles. The van der Waals surface area contributed by atoms with Crippen LogP contribution in [0.4, 0.5) is 5.69 Å². The summed E-state index contributed by atoms with van der Waals surface area (Å²) in [6.07, 6.45) is 4.18. The summed E-state index contributed by atoms with van der Waals surface area (Å²) in [4.78, 5) is 0. The molecule has 0 aliphatic carbocycles. The van der Waals surface area contributed by atoms with Crippen LogP contribution >= 0.6 is 11.3 Å². The van der Waals surface area contributed by atoms with Crippen LogP contribution in [0.2, 0.25) is 0 Å². The number of aryl methyl sites for hydroxylation is 1. The van der Waals surface area contributed by atoms with Gasteiger partial charge in [-0.3, -0.25) is 0 Å². The van der Waals surface area contributed by atoms with E-state index in [4.69, 9.17) is 0 Å². The van der Waals surface area contributed by atoms with Gasteiger partial charge in [0.15, 0.2) is 0 Å². The van der Waals surface area contributed by atoms with E-state index in [1.54, 1.807) is 11.3 Å². The Labute approximate surface area is 81.8 Å². The number of hydrogen-bond donors (Lipinski definition) is 1. The van der Waals surface area contributed by atoms with Gasteiger partial charge in [-0.05, 0) is 23.1 Å². The number of aromatic nitrogens is 1. The topological polar surface area (TPSA) is 17.0 Å². The summed E-state index contributed by atoms with van der Waals surface area (Å²) < 4.78 is 2.06. The van der Waals surface area contributed by atoms with Crippen molar-refractivity contribution in [3.8, 4) is 0 Å². The fourth-order valence-corrected chi connectivity index (χ4v) is 1.85. The summed E-state index contributed by atoms with van der Waals surface area (Å²) in [5, 5.41) is 7.54. The minimum Gasteiger partial charge on any atom is -0.380 e. The Kier molecular flexibility index (Phi) is 2.36. The van der Waals surface area contributed by atoms with Crippen molar-refractivity contribution >= 4 is 17.0 Å². The van der Waals surface area contributed by atoms with E-state index in [1.807, 2.05) is 7.05 Å². The second-order valence-electron chi connectivity index (χ2n) is 3.05. The summed E-state index contributed by atoms with van der Waals surface area (Å²) in [7, 11) is 2.04. The highest BCUT2D eigenvalue weighted by atomic mass is 32.1. The van der Waals surface area contributed by atoms with Gasteiger partial charge in [-0.15, -0.1) is 0 Å². The number of nitrogens with one attached hydrogen (secondary N) is 1. The Morgan fingerprint density at radius 3 is 3.00 bits per heavy atom. The lowest BCUT2D eigenvalue weighted by atomic mass is 10.3. The monoisotopic (exact) mass is 192 g/mol. The van der Waals surface area contributed by atoms with Gasteiger partial charge in [-0.2, -0.15) is 11.3 Å². The molecular formula is C10H12N2S. The zero-order valence-corrected chi connectivity index (χ0v) is 8.34. The van der Waals surface area contributed by atoms with Crippen molar-refractivity contribution in [2.75, 3.05) is 5.32 Å². The molecule has 0 saturated carbocycles. The van der Waals surface area contributed by atoms with E-state index in [0.29, 0.717) is 0 Å². The van der Waals surface area contributed by atoms with Crippen molar-refractivity contribution < 1.29 is 0 Å². The number of nitrogens with zero attached hydrogens (tertiary/aromatic N) is 1. The van der Waals surface area contributed by atoms with E-state index >= 15 is 0 Å². The van der Waals surface area contributed by atoms with Gasteiger partial charge >= 0.3 is 0 Å². The molecular weight excluding hydrogens is 180 g/mol. The Balaban J connectivity index is 1.93. The molecule has 0 aliphatic rings. The first-order valence-electron chi connectivity index (χ1n) is 4.21. The number of anilines is 1. The van der Waals surface area contributed by atoms with Crippen molar-refractivity contribution in [2.24, 2.45) is 7.05 Å². The predicted octanol–water partition coefficient (Wildman–Crippen LogP) is 2.70. The molecule has 2 heterocycles. The van der Waals surface area contributed by atoms with Crippen LogP contribution in [-0.4, -0.2) is 4.57 Å². The molecule has 0 fully saturated rings. The Bertz CT molecular complexity index is 362. The first-order valence-corrected chi connectivity index (χ1v) is 5.16. The van der Waals surface area contributed by atoms with Crippen LogP contribution in [0.3, 0.4) is 0 Å². The molecule has 1 N–H and O–H groups in total. The molecule has 0 saturated heterocycles. The summed E-state index contributed by atoms with van der Waals surface area (Å²) in [6.45, 7) is 0.900. The van der Waals surface area contributed by atoms with Gasteiger partial charge in [-0.1, -0.05) is 0 Å². The molecule has 0 aliphatic heterocycles. The molecule has 68 valence electrons. The second-order valence-corrected chi connectivity index (χ2v) is 3.83. The fourth-order valence-electron chi connectivity index (χ4n) is 1.23. The van der Waals surface area contributed by atoms with Gasteiger partial charge in [0.1, 0.15) is 0 Å². The summed E-state index contributed by atoms with van der Waals surface area (Å²) in [5.74, 6) is 0. The van der Waals surface area contributed by atoms with Crippen molar-refractivity contribution in [1.29, 1.82) is 0 Å². The van der Waals surface area contributed by atoms with Gasteiger partial charge in [0.05, 0.1) is 0 Å². The van der Waals surface area contributed by atoms with Gasteiger partial charge in [-0.25, -0.2) is 0 Å². The summed E-state index contributed by atoms with van der Waals surface area (Å²) >= 11 is 1.71. The van der Waals surface area contributed by atoms with E-state index in [0.717, 1.165) is 6.54 Å². The number of rotatable bonds is 3. The van der Waals surface area contributed by atoms with E-state index < -0.39 is 0 Å². The first kappa shape index (κ1) is 8.38. The maximum atomic E-state index is 3.35. The van der Waals surface area contributed by atoms with Crippen LogP contribution in [0.1, 0.15) is 5.56 Å². The normalized spacial score (nSPS) is 10.2. The summed E-state index contributed by atoms with van der Waals surface area (Å²) in [6, 6.07) is 4.22. The quantitative estimate of drug-likeness (QED) is 0.791. The molecule has 0 spiro atoms. The lowest BCUT2D eigenvalue weighted by Crippen LogP contribution is -1.96. The largest absolute Gasteiger partial charge is 0.380 e. The van der Waals surface area contributed by atoms with E-state index in [9.17, 15) is 0 Å². The molecule has 2 nitrogen and oxygen atoms in total. The third-order valence-electron chi connectivity index (χ3n) is 1.91. The molecule has 2 rings (SSSR count). The van der Waals surface area contributed by atoms with Crippen molar-refractivity contribution in [3.05, 3.63) is 40.8 Å². The Morgan fingerprint density at radius 2 is 2.38 bits per heavy atom. The molecule has 2 aromatic rings. The Hall–Kier alpha value is -1.22. The van der Waals surface area contributed by atoms with Crippen LogP contribution in [-0.2, 0) is 13.6 Å². The second kappa shape index (κ2) is 3.66. The lowest BCUT2D eigenvalue weighted by Gasteiger charge is -2.00. The van der Waals surface area contributed by atoms with Crippen LogP contribution in [0.5, 0.6) is 0 Å². The van der Waals surface area contributed by atoms with Gasteiger partial charge in [0.2, 0.25) is 0 Å². The predicted molar refractivity (Wildman–Crippen MR) is 57.1 cm³/mol. The van der Waals surface area contributed by atoms with E-state index in [1.165, 1.54) is 11.3 Å². The van der Waals surface area contributed by atoms with Crippen LogP contribution in [0.25, 0.3) is 0 Å². The number of hydrogen-bond acceptors (Lipinski definition) is 2. The molecule has 0 bridgehead atoms. The molecule has 0 aromatic carbocycles. The number of thiophene rings is 1. The standard InChI is InChI=1S/C10H12N2S/c1-12-4-2-9(7-12)6-11-10-3-5-13-8-10/h2-5,7-8,11H,6H2,1H3. The van der Waals surface area contributed by atoms with E-state index in [2.05, 4.69) is 45.2 Å². The van der Waals surface area contributed by atoms with Crippen molar-refractivity contribution in [2.45, 2.75) is 6.54 Å². The van der Waals surface area contributed by atoms with Gasteiger partial charge < -0.3 is 9.88 Å². The van der Waals surface area contributed by atoms with Crippen molar-refractivity contribution in [3.63, 3.8) is 0 Å². The average Bonchev–Trinajstić information content (AvgIpc) is 2.71. The SMILES string of the molecule is Cn1ccc(CNc2ccsc2)c1. The maximum absolute atomic E-state index is 3.35. The van der Waals surface area contributed by atoms with Crippen LogP contribution in [0.15, 0.2) is 35.3 Å². The zero-order chi connectivity index (χ0) is 9.10. The summed E-state index contributed by atoms with van der Waals surface area (Å²) in [5.41, 5.74) is 2.52. The molecule has 13 heavy (non-hydrogen) atoms. The lowest BCUT2D eigenvalue weighted by molar-refractivity contribution is 0.920. The average molecular weight is 192 g/mol. The molecule has 0 unspecified atom stereocenters. The van der Waals surface area contributed by atoms with Gasteiger partial charge in [0, 0.05) is 37.1 Å². The smallest absolute Gasteiger partial charge is 0.0451 e. The van der Waals surface area contributed by atoms with E-state index in [-0.39, 0.29) is 0 Å².